The van der Waals surface area contributed by atoms with Crippen molar-refractivity contribution >= 4 is 17.7 Å². The number of thioether (sulfide) groups is 1. The summed E-state index contributed by atoms with van der Waals surface area (Å²) in [5.41, 5.74) is -1.16. The van der Waals surface area contributed by atoms with Gasteiger partial charge in [-0.25, -0.2) is 0 Å². The molecule has 0 amide bonds. The van der Waals surface area contributed by atoms with Crippen molar-refractivity contribution in [3.05, 3.63) is 0 Å². The molecular weight excluding hydrogens is 255 g/mol. The minimum Gasteiger partial charge on any atom is -0.465 e. The van der Waals surface area contributed by atoms with E-state index in [0.717, 1.165) is 0 Å². The molecule has 1 fully saturated rings. The molecule has 1 rings (SSSR count). The van der Waals surface area contributed by atoms with E-state index in [1.807, 2.05) is 0 Å². The zero-order valence-electron chi connectivity index (χ0n) is 9.60. The van der Waals surface area contributed by atoms with Crippen molar-refractivity contribution in [3.8, 4) is 0 Å². The predicted molar refractivity (Wildman–Crippen MR) is 60.0 cm³/mol. The topological polar surface area (TPSA) is 38.3 Å². The molecule has 0 unspecified atom stereocenters. The van der Waals surface area contributed by atoms with Crippen molar-refractivity contribution in [1.82, 2.24) is 5.32 Å². The molecule has 17 heavy (non-hydrogen) atoms. The summed E-state index contributed by atoms with van der Waals surface area (Å²) < 4.78 is 41.5. The SMILES string of the molecule is CCOC(=O)C1(NCC(F)(F)F)CCSCC1. The van der Waals surface area contributed by atoms with Crippen molar-refractivity contribution in [2.24, 2.45) is 0 Å². The summed E-state index contributed by atoms with van der Waals surface area (Å²) in [4.78, 5) is 11.8. The van der Waals surface area contributed by atoms with Crippen molar-refractivity contribution in [3.63, 3.8) is 0 Å². The first-order chi connectivity index (χ1) is 7.90. The van der Waals surface area contributed by atoms with Crippen LogP contribution >= 0.6 is 11.8 Å². The van der Waals surface area contributed by atoms with Crippen LogP contribution in [0.25, 0.3) is 0 Å². The van der Waals surface area contributed by atoms with E-state index < -0.39 is 24.2 Å². The average molecular weight is 271 g/mol. The van der Waals surface area contributed by atoms with Gasteiger partial charge in [-0.3, -0.25) is 10.1 Å². The molecule has 0 aromatic rings. The van der Waals surface area contributed by atoms with Gasteiger partial charge in [0.25, 0.3) is 0 Å². The molecule has 0 aromatic heterocycles. The van der Waals surface area contributed by atoms with Gasteiger partial charge in [0.15, 0.2) is 0 Å². The Morgan fingerprint density at radius 3 is 2.47 bits per heavy atom. The molecule has 0 aliphatic carbocycles. The van der Waals surface area contributed by atoms with Gasteiger partial charge >= 0.3 is 12.1 Å². The van der Waals surface area contributed by atoms with Crippen LogP contribution in [0.4, 0.5) is 13.2 Å². The van der Waals surface area contributed by atoms with E-state index >= 15 is 0 Å². The fourth-order valence-corrected chi connectivity index (χ4v) is 2.90. The molecule has 1 aliphatic rings. The Balaban J connectivity index is 2.68. The molecule has 3 nitrogen and oxygen atoms in total. The molecule has 0 atom stereocenters. The summed E-state index contributed by atoms with van der Waals surface area (Å²) in [7, 11) is 0. The zero-order valence-corrected chi connectivity index (χ0v) is 10.4. The number of hydrogen-bond donors (Lipinski definition) is 1. The van der Waals surface area contributed by atoms with E-state index in [-0.39, 0.29) is 6.61 Å². The Kier molecular flexibility index (Phi) is 5.12. The minimum atomic E-state index is -4.32. The third-order valence-electron chi connectivity index (χ3n) is 2.64. The fourth-order valence-electron chi connectivity index (χ4n) is 1.71. The first-order valence-corrected chi connectivity index (χ1v) is 6.62. The zero-order chi connectivity index (χ0) is 12.9. The van der Waals surface area contributed by atoms with Crippen molar-refractivity contribution in [2.45, 2.75) is 31.5 Å². The lowest BCUT2D eigenvalue weighted by Crippen LogP contribution is -2.57. The molecule has 0 radical (unpaired) electrons. The predicted octanol–water partition coefficient (Wildman–Crippen LogP) is 1.97. The van der Waals surface area contributed by atoms with E-state index in [2.05, 4.69) is 5.32 Å². The second-order valence-corrected chi connectivity index (χ2v) is 5.11. The van der Waals surface area contributed by atoms with E-state index in [1.54, 1.807) is 18.7 Å². The van der Waals surface area contributed by atoms with Gasteiger partial charge in [-0.1, -0.05) is 0 Å². The van der Waals surface area contributed by atoms with E-state index in [1.165, 1.54) is 0 Å². The molecule has 1 saturated heterocycles. The third kappa shape index (κ3) is 4.39. The highest BCUT2D eigenvalue weighted by molar-refractivity contribution is 7.99. The lowest BCUT2D eigenvalue weighted by molar-refractivity contribution is -0.156. The van der Waals surface area contributed by atoms with Crippen LogP contribution < -0.4 is 5.32 Å². The summed E-state index contributed by atoms with van der Waals surface area (Å²) in [6.45, 7) is 0.671. The van der Waals surface area contributed by atoms with Gasteiger partial charge in [0.2, 0.25) is 0 Å². The molecule has 0 aromatic carbocycles. The summed E-state index contributed by atoms with van der Waals surface area (Å²) in [5, 5.41) is 2.35. The normalized spacial score (nSPS) is 20.0. The monoisotopic (exact) mass is 271 g/mol. The molecule has 0 spiro atoms. The Morgan fingerprint density at radius 2 is 2.00 bits per heavy atom. The van der Waals surface area contributed by atoms with Crippen molar-refractivity contribution < 1.29 is 22.7 Å². The molecule has 0 saturated carbocycles. The maximum absolute atomic E-state index is 12.2. The number of rotatable bonds is 4. The molecule has 1 aliphatic heterocycles. The van der Waals surface area contributed by atoms with Gasteiger partial charge in [0.1, 0.15) is 5.54 Å². The van der Waals surface area contributed by atoms with Gasteiger partial charge in [0.05, 0.1) is 13.2 Å². The van der Waals surface area contributed by atoms with Gasteiger partial charge in [0, 0.05) is 0 Å². The summed E-state index contributed by atoms with van der Waals surface area (Å²) in [6, 6.07) is 0. The summed E-state index contributed by atoms with van der Waals surface area (Å²) >= 11 is 1.64. The van der Waals surface area contributed by atoms with Crippen LogP contribution in [0.3, 0.4) is 0 Å². The number of hydrogen-bond acceptors (Lipinski definition) is 4. The molecule has 100 valence electrons. The van der Waals surface area contributed by atoms with Crippen LogP contribution in [-0.4, -0.2) is 42.3 Å². The lowest BCUT2D eigenvalue weighted by atomic mass is 9.92. The first kappa shape index (κ1) is 14.6. The van der Waals surface area contributed by atoms with Gasteiger partial charge in [-0.2, -0.15) is 24.9 Å². The van der Waals surface area contributed by atoms with E-state index in [9.17, 15) is 18.0 Å². The van der Waals surface area contributed by atoms with Crippen molar-refractivity contribution in [1.29, 1.82) is 0 Å². The Labute approximate surface area is 102 Å². The second-order valence-electron chi connectivity index (χ2n) is 3.88. The maximum atomic E-state index is 12.2. The number of alkyl halides is 3. The third-order valence-corrected chi connectivity index (χ3v) is 3.63. The summed E-state index contributed by atoms with van der Waals surface area (Å²) in [6.07, 6.45) is -3.55. The Morgan fingerprint density at radius 1 is 1.41 bits per heavy atom. The smallest absolute Gasteiger partial charge is 0.401 e. The Hall–Kier alpha value is -0.430. The largest absolute Gasteiger partial charge is 0.465 e. The number of carbonyl (C=O) groups excluding carboxylic acids is 1. The fraction of sp³-hybridized carbons (Fsp3) is 0.900. The number of esters is 1. The lowest BCUT2D eigenvalue weighted by Gasteiger charge is -2.35. The highest BCUT2D eigenvalue weighted by Gasteiger charge is 2.43. The quantitative estimate of drug-likeness (QED) is 0.793. The molecule has 1 N–H and O–H groups in total. The number of nitrogens with one attached hydrogen (secondary N) is 1. The minimum absolute atomic E-state index is 0.182. The standard InChI is InChI=1S/C10H16F3NO2S/c1-2-16-8(15)9(3-5-17-6-4-9)14-7-10(11,12)13/h14H,2-7H2,1H3. The Bertz CT molecular complexity index is 265. The second kappa shape index (κ2) is 5.95. The van der Waals surface area contributed by atoms with Gasteiger partial charge in [-0.05, 0) is 31.3 Å². The highest BCUT2D eigenvalue weighted by Crippen LogP contribution is 2.29. The van der Waals surface area contributed by atoms with Crippen LogP contribution in [0.2, 0.25) is 0 Å². The van der Waals surface area contributed by atoms with Crippen LogP contribution in [0.1, 0.15) is 19.8 Å². The van der Waals surface area contributed by atoms with Crippen LogP contribution in [0, 0.1) is 0 Å². The molecular formula is C10H16F3NO2S. The van der Waals surface area contributed by atoms with Gasteiger partial charge < -0.3 is 4.74 Å². The molecule has 1 heterocycles. The van der Waals surface area contributed by atoms with Crippen molar-refractivity contribution in [2.75, 3.05) is 24.7 Å². The van der Waals surface area contributed by atoms with E-state index in [4.69, 9.17) is 4.74 Å². The number of halogens is 3. The highest BCUT2D eigenvalue weighted by atomic mass is 32.2. The average Bonchev–Trinajstić information content (AvgIpc) is 2.27. The van der Waals surface area contributed by atoms with Crippen LogP contribution in [0.5, 0.6) is 0 Å². The first-order valence-electron chi connectivity index (χ1n) is 5.46. The summed E-state index contributed by atoms with van der Waals surface area (Å²) in [5.74, 6) is 0.775. The molecule has 7 heteroatoms. The maximum Gasteiger partial charge on any atom is 0.401 e. The van der Waals surface area contributed by atoms with Gasteiger partial charge in [-0.15, -0.1) is 0 Å². The van der Waals surface area contributed by atoms with E-state index in [0.29, 0.717) is 24.3 Å². The number of ether oxygens (including phenoxy) is 1. The van der Waals surface area contributed by atoms with Crippen LogP contribution in [0.15, 0.2) is 0 Å². The van der Waals surface area contributed by atoms with Crippen LogP contribution in [-0.2, 0) is 9.53 Å². The molecule has 0 bridgehead atoms. The number of carbonyl (C=O) groups is 1.